The zero-order valence-corrected chi connectivity index (χ0v) is 30.0. The average molecular weight is 639 g/mol. The van der Waals surface area contributed by atoms with Gasteiger partial charge in [0.05, 0.1) is 0 Å². The predicted octanol–water partition coefficient (Wildman–Crippen LogP) is 11.3. The van der Waals surface area contributed by atoms with Crippen molar-refractivity contribution in [1.29, 1.82) is 0 Å². The quantitative estimate of drug-likeness (QED) is 0.0500. The highest BCUT2D eigenvalue weighted by Crippen LogP contribution is 2.16. The summed E-state index contributed by atoms with van der Waals surface area (Å²) in [7, 11) is 0. The van der Waals surface area contributed by atoms with Crippen molar-refractivity contribution in [3.8, 4) is 0 Å². The van der Waals surface area contributed by atoms with E-state index in [1.165, 1.54) is 173 Å². The molecular weight excluding hydrogens is 560 g/mol. The van der Waals surface area contributed by atoms with E-state index in [0.717, 1.165) is 32.2 Å². The van der Waals surface area contributed by atoms with E-state index in [1.807, 2.05) is 0 Å². The minimum Gasteiger partial charge on any atom is -0.481 e. The minimum atomic E-state index is -0.661. The van der Waals surface area contributed by atoms with Gasteiger partial charge in [-0.1, -0.05) is 173 Å². The Labute approximate surface area is 279 Å². The van der Waals surface area contributed by atoms with Crippen LogP contribution in [0.2, 0.25) is 0 Å². The van der Waals surface area contributed by atoms with Crippen LogP contribution in [-0.4, -0.2) is 40.8 Å². The number of hydrogen-bond donors (Lipinski definition) is 4. The first-order valence-corrected chi connectivity index (χ1v) is 19.9. The van der Waals surface area contributed by atoms with E-state index in [2.05, 4.69) is 12.2 Å². The van der Waals surface area contributed by atoms with Crippen molar-refractivity contribution in [2.24, 2.45) is 5.73 Å². The number of nitrogens with one attached hydrogen (secondary N) is 1. The third-order valence-electron chi connectivity index (χ3n) is 9.51. The Hall–Kier alpha value is -1.14. The van der Waals surface area contributed by atoms with E-state index in [4.69, 9.17) is 15.9 Å². The van der Waals surface area contributed by atoms with Gasteiger partial charge in [0.2, 0.25) is 0 Å². The molecule has 0 heterocycles. The van der Waals surface area contributed by atoms with Crippen LogP contribution in [0.3, 0.4) is 0 Å². The lowest BCUT2D eigenvalue weighted by Gasteiger charge is -2.22. The summed E-state index contributed by atoms with van der Waals surface area (Å²) in [6, 6.07) is 0.692. The van der Waals surface area contributed by atoms with Crippen molar-refractivity contribution in [1.82, 2.24) is 5.32 Å². The number of carboxylic acid groups (broad SMARTS) is 2. The lowest BCUT2D eigenvalue weighted by molar-refractivity contribution is -0.138. The molecule has 0 fully saturated rings. The largest absolute Gasteiger partial charge is 0.481 e. The zero-order valence-electron chi connectivity index (χ0n) is 30.0. The molecule has 2 unspecified atom stereocenters. The molecule has 0 aromatic rings. The molecule has 0 aliphatic heterocycles. The summed E-state index contributed by atoms with van der Waals surface area (Å²) < 4.78 is 0. The summed E-state index contributed by atoms with van der Waals surface area (Å²) in [5.74, 6) is -1.32. The third kappa shape index (κ3) is 37.2. The Morgan fingerprint density at radius 2 is 0.689 bits per heavy atom. The first-order chi connectivity index (χ1) is 21.9. The molecular formula is C39H78N2O4. The van der Waals surface area contributed by atoms with Crippen LogP contribution in [-0.2, 0) is 9.59 Å². The molecule has 0 aliphatic rings. The van der Waals surface area contributed by atoms with Crippen LogP contribution >= 0.6 is 0 Å². The molecule has 0 amide bonds. The number of nitrogens with two attached hydrogens (primary N) is 1. The molecule has 6 nitrogen and oxygen atoms in total. The van der Waals surface area contributed by atoms with E-state index >= 15 is 0 Å². The van der Waals surface area contributed by atoms with Gasteiger partial charge in [-0.15, -0.1) is 0 Å². The molecule has 5 N–H and O–H groups in total. The molecule has 0 aromatic heterocycles. The molecule has 0 aromatic carbocycles. The number of carbonyl (C=O) groups is 2. The predicted molar refractivity (Wildman–Crippen MR) is 193 cm³/mol. The first-order valence-electron chi connectivity index (χ1n) is 19.9. The average Bonchev–Trinajstić information content (AvgIpc) is 3.00. The number of unbranched alkanes of at least 4 members (excludes halogenated alkanes) is 28. The van der Waals surface area contributed by atoms with Crippen molar-refractivity contribution in [2.75, 3.05) is 6.54 Å². The van der Waals surface area contributed by atoms with E-state index in [1.54, 1.807) is 0 Å². The molecule has 0 rings (SSSR count). The van der Waals surface area contributed by atoms with Crippen molar-refractivity contribution in [3.63, 3.8) is 0 Å². The smallest absolute Gasteiger partial charge is 0.303 e. The lowest BCUT2D eigenvalue weighted by atomic mass is 10.0. The van der Waals surface area contributed by atoms with E-state index in [-0.39, 0.29) is 6.04 Å². The SMILES string of the molecule is CC(N)C(CCCCCCCCCCCCCCCCCC(=O)O)NCCCCCCCCCCCCCCCCCC(=O)O. The minimum absolute atomic E-state index is 0.228. The van der Waals surface area contributed by atoms with Crippen molar-refractivity contribution in [3.05, 3.63) is 0 Å². The normalized spacial score (nSPS) is 12.8. The fraction of sp³-hybridized carbons (Fsp3) is 0.949. The fourth-order valence-electron chi connectivity index (χ4n) is 6.48. The molecule has 6 heteroatoms. The van der Waals surface area contributed by atoms with Crippen molar-refractivity contribution >= 4 is 11.9 Å². The van der Waals surface area contributed by atoms with Gasteiger partial charge in [-0.25, -0.2) is 0 Å². The maximum atomic E-state index is 10.5. The Balaban J connectivity index is 3.37. The summed E-state index contributed by atoms with van der Waals surface area (Å²) in [5.41, 5.74) is 6.29. The summed E-state index contributed by atoms with van der Waals surface area (Å²) in [6.07, 6.45) is 40.5. The zero-order chi connectivity index (χ0) is 33.1. The van der Waals surface area contributed by atoms with Crippen LogP contribution in [0.1, 0.15) is 219 Å². The number of aliphatic carboxylic acids is 2. The highest BCUT2D eigenvalue weighted by molar-refractivity contribution is 5.66. The van der Waals surface area contributed by atoms with Crippen LogP contribution < -0.4 is 11.1 Å². The third-order valence-corrected chi connectivity index (χ3v) is 9.51. The molecule has 0 spiro atoms. The van der Waals surface area contributed by atoms with E-state index in [9.17, 15) is 9.59 Å². The van der Waals surface area contributed by atoms with Gasteiger partial charge in [-0.05, 0) is 39.2 Å². The second kappa shape index (κ2) is 35.7. The van der Waals surface area contributed by atoms with Crippen LogP contribution in [0.4, 0.5) is 0 Å². The van der Waals surface area contributed by atoms with Gasteiger partial charge in [-0.3, -0.25) is 9.59 Å². The van der Waals surface area contributed by atoms with Crippen molar-refractivity contribution < 1.29 is 19.8 Å². The molecule has 0 saturated heterocycles. The number of rotatable bonds is 38. The first kappa shape index (κ1) is 43.9. The highest BCUT2D eigenvalue weighted by atomic mass is 16.4. The van der Waals surface area contributed by atoms with E-state index in [0.29, 0.717) is 18.9 Å². The molecule has 0 radical (unpaired) electrons. The Bertz CT molecular complexity index is 628. The topological polar surface area (TPSA) is 113 Å². The number of carboxylic acids is 2. The monoisotopic (exact) mass is 639 g/mol. The molecule has 0 aliphatic carbocycles. The van der Waals surface area contributed by atoms with Gasteiger partial charge in [0.25, 0.3) is 0 Å². The summed E-state index contributed by atoms with van der Waals surface area (Å²) in [5, 5.41) is 21.1. The number of hydrogen-bond acceptors (Lipinski definition) is 4. The summed E-state index contributed by atoms with van der Waals surface area (Å²) >= 11 is 0. The second-order valence-electron chi connectivity index (χ2n) is 14.1. The maximum Gasteiger partial charge on any atom is 0.303 e. The fourth-order valence-corrected chi connectivity index (χ4v) is 6.48. The molecule has 0 bridgehead atoms. The van der Waals surface area contributed by atoms with Crippen molar-refractivity contribution in [2.45, 2.75) is 231 Å². The second-order valence-corrected chi connectivity index (χ2v) is 14.1. The summed E-state index contributed by atoms with van der Waals surface area (Å²) in [6.45, 7) is 3.27. The Morgan fingerprint density at radius 3 is 0.956 bits per heavy atom. The van der Waals surface area contributed by atoms with Crippen LogP contribution in [0.5, 0.6) is 0 Å². The standard InChI is InChI=1S/C39H78N2O4/c1-36(40)37(32-28-24-20-16-12-8-4-2-5-9-13-17-21-25-29-33-38(42)43)41-35-31-27-23-19-15-11-7-3-6-10-14-18-22-26-30-34-39(44)45/h36-37,41H,2-35,40H2,1H3,(H,42,43)(H,44,45). The summed E-state index contributed by atoms with van der Waals surface area (Å²) in [4.78, 5) is 21.0. The van der Waals surface area contributed by atoms with Crippen LogP contribution in [0, 0.1) is 0 Å². The molecule has 268 valence electrons. The van der Waals surface area contributed by atoms with Gasteiger partial charge in [0.15, 0.2) is 0 Å². The van der Waals surface area contributed by atoms with Crippen LogP contribution in [0.15, 0.2) is 0 Å². The van der Waals surface area contributed by atoms with Gasteiger partial charge < -0.3 is 21.3 Å². The van der Waals surface area contributed by atoms with E-state index < -0.39 is 11.9 Å². The lowest BCUT2D eigenvalue weighted by Crippen LogP contribution is -2.43. The van der Waals surface area contributed by atoms with Gasteiger partial charge >= 0.3 is 11.9 Å². The van der Waals surface area contributed by atoms with Crippen LogP contribution in [0.25, 0.3) is 0 Å². The molecule has 45 heavy (non-hydrogen) atoms. The Morgan fingerprint density at radius 1 is 0.444 bits per heavy atom. The molecule has 2 atom stereocenters. The van der Waals surface area contributed by atoms with Gasteiger partial charge in [0, 0.05) is 24.9 Å². The highest BCUT2D eigenvalue weighted by Gasteiger charge is 2.12. The van der Waals surface area contributed by atoms with Gasteiger partial charge in [0.1, 0.15) is 0 Å². The maximum absolute atomic E-state index is 10.5. The molecule has 0 saturated carbocycles. The Kier molecular flexibility index (Phi) is 34.8. The van der Waals surface area contributed by atoms with Gasteiger partial charge in [-0.2, -0.15) is 0 Å².